The fourth-order valence-electron chi connectivity index (χ4n) is 2.23. The number of carbonyl (C=O) groups excluding carboxylic acids is 1. The second-order valence-corrected chi connectivity index (χ2v) is 5.96. The highest BCUT2D eigenvalue weighted by Gasteiger charge is 2.22. The fourth-order valence-corrected chi connectivity index (χ4v) is 2.23. The molecule has 1 aliphatic rings. The summed E-state index contributed by atoms with van der Waals surface area (Å²) in [6, 6.07) is 0. The van der Waals surface area contributed by atoms with Gasteiger partial charge in [-0.1, -0.05) is 0 Å². The number of hydrogen-bond acceptors (Lipinski definition) is 4. The summed E-state index contributed by atoms with van der Waals surface area (Å²) < 4.78 is 5.19. The third-order valence-corrected chi connectivity index (χ3v) is 3.04. The van der Waals surface area contributed by atoms with Gasteiger partial charge < -0.3 is 20.7 Å². The van der Waals surface area contributed by atoms with E-state index in [0.717, 1.165) is 32.6 Å². The van der Waals surface area contributed by atoms with Crippen LogP contribution in [0.4, 0.5) is 4.79 Å². The van der Waals surface area contributed by atoms with Crippen molar-refractivity contribution in [3.8, 4) is 0 Å². The summed E-state index contributed by atoms with van der Waals surface area (Å²) >= 11 is 0. The van der Waals surface area contributed by atoms with Crippen molar-refractivity contribution < 1.29 is 9.53 Å². The molecule has 1 amide bonds. The van der Waals surface area contributed by atoms with E-state index in [1.54, 1.807) is 0 Å². The number of ether oxygens (including phenoxy) is 1. The molecule has 5 nitrogen and oxygen atoms in total. The van der Waals surface area contributed by atoms with E-state index in [2.05, 4.69) is 10.2 Å². The standard InChI is InChI=1S/C13H27N3O2/c1-13(2,3)18-12(17)15-7-4-11-5-8-16(10-11)9-6-14/h11H,4-10,14H2,1-3H3,(H,15,17). The summed E-state index contributed by atoms with van der Waals surface area (Å²) in [6.07, 6.45) is 1.90. The Hall–Kier alpha value is -0.810. The summed E-state index contributed by atoms with van der Waals surface area (Å²) in [4.78, 5) is 13.8. The monoisotopic (exact) mass is 257 g/mol. The minimum absolute atomic E-state index is 0.320. The zero-order valence-corrected chi connectivity index (χ0v) is 11.9. The van der Waals surface area contributed by atoms with Gasteiger partial charge >= 0.3 is 6.09 Å². The molecule has 0 radical (unpaired) electrons. The highest BCUT2D eigenvalue weighted by atomic mass is 16.6. The molecule has 0 aromatic carbocycles. The summed E-state index contributed by atoms with van der Waals surface area (Å²) in [5.41, 5.74) is 5.12. The lowest BCUT2D eigenvalue weighted by Gasteiger charge is -2.20. The normalized spacial score (nSPS) is 21.0. The molecule has 0 aromatic heterocycles. The molecule has 1 rings (SSSR count). The van der Waals surface area contributed by atoms with Gasteiger partial charge in [0.1, 0.15) is 5.60 Å². The lowest BCUT2D eigenvalue weighted by atomic mass is 10.1. The second-order valence-electron chi connectivity index (χ2n) is 5.96. The number of nitrogens with two attached hydrogens (primary N) is 1. The van der Waals surface area contributed by atoms with Gasteiger partial charge in [-0.05, 0) is 46.1 Å². The van der Waals surface area contributed by atoms with Crippen LogP contribution in [0.1, 0.15) is 33.6 Å². The number of amides is 1. The van der Waals surface area contributed by atoms with Crippen LogP contribution >= 0.6 is 0 Å². The van der Waals surface area contributed by atoms with Gasteiger partial charge in [-0.15, -0.1) is 0 Å². The molecule has 1 aliphatic heterocycles. The zero-order valence-electron chi connectivity index (χ0n) is 11.9. The lowest BCUT2D eigenvalue weighted by molar-refractivity contribution is 0.0525. The van der Waals surface area contributed by atoms with Gasteiger partial charge in [0.05, 0.1) is 0 Å². The SMILES string of the molecule is CC(C)(C)OC(=O)NCCC1CCN(CCN)C1. The van der Waals surface area contributed by atoms with E-state index in [9.17, 15) is 4.79 Å². The van der Waals surface area contributed by atoms with Crippen LogP contribution in [0.25, 0.3) is 0 Å². The number of nitrogens with zero attached hydrogens (tertiary/aromatic N) is 1. The van der Waals surface area contributed by atoms with Gasteiger partial charge in [0.2, 0.25) is 0 Å². The highest BCUT2D eigenvalue weighted by Crippen LogP contribution is 2.18. The van der Waals surface area contributed by atoms with Gasteiger partial charge in [0, 0.05) is 26.2 Å². The Labute approximate surface area is 110 Å². The van der Waals surface area contributed by atoms with Crippen molar-refractivity contribution in [2.24, 2.45) is 11.7 Å². The van der Waals surface area contributed by atoms with Crippen LogP contribution in [0.5, 0.6) is 0 Å². The predicted molar refractivity (Wildman–Crippen MR) is 72.5 cm³/mol. The minimum atomic E-state index is -0.421. The molecule has 1 heterocycles. The Morgan fingerprint density at radius 3 is 2.83 bits per heavy atom. The van der Waals surface area contributed by atoms with Crippen molar-refractivity contribution in [3.05, 3.63) is 0 Å². The first-order chi connectivity index (χ1) is 8.40. The Kier molecular flexibility index (Phi) is 5.88. The maximum Gasteiger partial charge on any atom is 0.407 e. The van der Waals surface area contributed by atoms with Crippen LogP contribution in [-0.2, 0) is 4.74 Å². The van der Waals surface area contributed by atoms with Gasteiger partial charge in [-0.2, -0.15) is 0 Å². The molecule has 1 unspecified atom stereocenters. The number of rotatable bonds is 5. The zero-order chi connectivity index (χ0) is 13.6. The van der Waals surface area contributed by atoms with E-state index in [1.807, 2.05) is 20.8 Å². The van der Waals surface area contributed by atoms with Crippen molar-refractivity contribution in [2.45, 2.75) is 39.2 Å². The fraction of sp³-hybridized carbons (Fsp3) is 0.923. The largest absolute Gasteiger partial charge is 0.444 e. The van der Waals surface area contributed by atoms with E-state index >= 15 is 0 Å². The lowest BCUT2D eigenvalue weighted by Crippen LogP contribution is -2.33. The Morgan fingerprint density at radius 2 is 2.22 bits per heavy atom. The van der Waals surface area contributed by atoms with Crippen molar-refractivity contribution in [2.75, 3.05) is 32.7 Å². The first-order valence-corrected chi connectivity index (χ1v) is 6.80. The summed E-state index contributed by atoms with van der Waals surface area (Å²) in [7, 11) is 0. The molecular weight excluding hydrogens is 230 g/mol. The van der Waals surface area contributed by atoms with Crippen molar-refractivity contribution in [3.63, 3.8) is 0 Å². The number of hydrogen-bond donors (Lipinski definition) is 2. The van der Waals surface area contributed by atoms with Crippen LogP contribution in [0.2, 0.25) is 0 Å². The number of carbonyl (C=O) groups is 1. The van der Waals surface area contributed by atoms with E-state index in [0.29, 0.717) is 12.5 Å². The van der Waals surface area contributed by atoms with Gasteiger partial charge in [0.25, 0.3) is 0 Å². The molecule has 0 spiro atoms. The average molecular weight is 257 g/mol. The second kappa shape index (κ2) is 6.95. The average Bonchev–Trinajstić information content (AvgIpc) is 2.63. The van der Waals surface area contributed by atoms with Crippen molar-refractivity contribution >= 4 is 6.09 Å². The Bertz CT molecular complexity index is 263. The smallest absolute Gasteiger partial charge is 0.407 e. The molecule has 106 valence electrons. The summed E-state index contributed by atoms with van der Waals surface area (Å²) in [5.74, 6) is 0.673. The molecule has 1 fully saturated rings. The molecule has 5 heteroatoms. The number of alkyl carbamates (subject to hydrolysis) is 1. The summed E-state index contributed by atoms with van der Waals surface area (Å²) in [6.45, 7) is 10.2. The van der Waals surface area contributed by atoms with Crippen molar-refractivity contribution in [1.29, 1.82) is 0 Å². The quantitative estimate of drug-likeness (QED) is 0.776. The number of likely N-dealkylation sites (tertiary alicyclic amines) is 1. The molecule has 1 saturated heterocycles. The topological polar surface area (TPSA) is 67.6 Å². The Balaban J connectivity index is 2.10. The first-order valence-electron chi connectivity index (χ1n) is 6.80. The molecule has 0 bridgehead atoms. The summed E-state index contributed by atoms with van der Waals surface area (Å²) in [5, 5.41) is 2.81. The van der Waals surface area contributed by atoms with Crippen LogP contribution < -0.4 is 11.1 Å². The number of nitrogens with one attached hydrogen (secondary N) is 1. The maximum atomic E-state index is 11.4. The van der Waals surface area contributed by atoms with Crippen LogP contribution in [-0.4, -0.2) is 49.3 Å². The van der Waals surface area contributed by atoms with Crippen LogP contribution in [0.15, 0.2) is 0 Å². The Morgan fingerprint density at radius 1 is 1.50 bits per heavy atom. The molecule has 0 saturated carbocycles. The van der Waals surface area contributed by atoms with Gasteiger partial charge in [-0.25, -0.2) is 4.79 Å². The molecule has 18 heavy (non-hydrogen) atoms. The van der Waals surface area contributed by atoms with Gasteiger partial charge in [0.15, 0.2) is 0 Å². The van der Waals surface area contributed by atoms with Crippen LogP contribution in [0, 0.1) is 5.92 Å². The van der Waals surface area contributed by atoms with E-state index in [1.165, 1.54) is 6.42 Å². The van der Waals surface area contributed by atoms with Gasteiger partial charge in [-0.3, -0.25) is 0 Å². The first kappa shape index (κ1) is 15.2. The maximum absolute atomic E-state index is 11.4. The van der Waals surface area contributed by atoms with Crippen molar-refractivity contribution in [1.82, 2.24) is 10.2 Å². The third kappa shape index (κ3) is 6.21. The third-order valence-electron chi connectivity index (χ3n) is 3.04. The van der Waals surface area contributed by atoms with E-state index < -0.39 is 5.60 Å². The highest BCUT2D eigenvalue weighted by molar-refractivity contribution is 5.67. The predicted octanol–water partition coefficient (Wildman–Crippen LogP) is 1.18. The van der Waals surface area contributed by atoms with E-state index in [4.69, 9.17) is 10.5 Å². The molecule has 1 atom stereocenters. The van der Waals surface area contributed by atoms with Crippen LogP contribution in [0.3, 0.4) is 0 Å². The molecule has 0 aliphatic carbocycles. The molecule has 3 N–H and O–H groups in total. The minimum Gasteiger partial charge on any atom is -0.444 e. The molecular formula is C13H27N3O2. The van der Waals surface area contributed by atoms with E-state index in [-0.39, 0.29) is 6.09 Å². The molecule has 0 aromatic rings.